The molecule has 0 N–H and O–H groups in total. The summed E-state index contributed by atoms with van der Waals surface area (Å²) in [6.45, 7) is 3.37. The molecule has 0 saturated carbocycles. The van der Waals surface area contributed by atoms with E-state index in [1.54, 1.807) is 12.1 Å². The summed E-state index contributed by atoms with van der Waals surface area (Å²) in [5, 5.41) is 0. The molecule has 3 aliphatic rings. The number of rotatable bonds is 3. The molecule has 3 atom stereocenters. The van der Waals surface area contributed by atoms with E-state index in [2.05, 4.69) is 4.90 Å². The van der Waals surface area contributed by atoms with Gasteiger partial charge in [-0.25, -0.2) is 4.39 Å². The Kier molecular flexibility index (Phi) is 2.68. The van der Waals surface area contributed by atoms with Gasteiger partial charge in [-0.1, -0.05) is 12.1 Å². The standard InChI is InChI=1S/C16H20FNO/c17-14-3-1-12(2-4-14)6-8-18-10-13-9-15-5-7-16(13,11-18)19-15/h1-4,13,15H,5-11H2. The summed E-state index contributed by atoms with van der Waals surface area (Å²) >= 11 is 0. The molecule has 19 heavy (non-hydrogen) atoms. The predicted octanol–water partition coefficient (Wildman–Crippen LogP) is 2.62. The fourth-order valence-electron chi connectivity index (χ4n) is 4.20. The molecule has 1 aromatic rings. The van der Waals surface area contributed by atoms with Crippen molar-refractivity contribution in [3.63, 3.8) is 0 Å². The molecule has 4 rings (SSSR count). The molecule has 2 nitrogen and oxygen atoms in total. The van der Waals surface area contributed by atoms with Gasteiger partial charge in [0.1, 0.15) is 5.82 Å². The van der Waals surface area contributed by atoms with Crippen LogP contribution in [0.2, 0.25) is 0 Å². The van der Waals surface area contributed by atoms with Crippen molar-refractivity contribution in [1.29, 1.82) is 0 Å². The molecular formula is C16H20FNO. The number of ether oxygens (including phenoxy) is 1. The van der Waals surface area contributed by atoms with Gasteiger partial charge in [-0.15, -0.1) is 0 Å². The number of halogens is 1. The van der Waals surface area contributed by atoms with Crippen molar-refractivity contribution >= 4 is 0 Å². The molecule has 3 heterocycles. The Bertz CT molecular complexity index is 474. The van der Waals surface area contributed by atoms with E-state index in [1.807, 2.05) is 12.1 Å². The van der Waals surface area contributed by atoms with Gasteiger partial charge in [-0.3, -0.25) is 4.90 Å². The van der Waals surface area contributed by atoms with Gasteiger partial charge in [0.2, 0.25) is 0 Å². The maximum Gasteiger partial charge on any atom is 0.123 e. The van der Waals surface area contributed by atoms with Crippen molar-refractivity contribution in [3.8, 4) is 0 Å². The van der Waals surface area contributed by atoms with Gasteiger partial charge in [0.15, 0.2) is 0 Å². The highest BCUT2D eigenvalue weighted by atomic mass is 19.1. The summed E-state index contributed by atoms with van der Waals surface area (Å²) in [6.07, 6.45) is 5.36. The second kappa shape index (κ2) is 4.29. The maximum absolute atomic E-state index is 12.9. The second-order valence-electron chi connectivity index (χ2n) is 6.39. The number of nitrogens with zero attached hydrogens (tertiary/aromatic N) is 1. The van der Waals surface area contributed by atoms with Gasteiger partial charge in [0, 0.05) is 25.6 Å². The first-order valence-electron chi connectivity index (χ1n) is 7.38. The zero-order valence-electron chi connectivity index (χ0n) is 11.1. The predicted molar refractivity (Wildman–Crippen MR) is 71.5 cm³/mol. The Hall–Kier alpha value is -0.930. The van der Waals surface area contributed by atoms with Crippen molar-refractivity contribution in [1.82, 2.24) is 4.90 Å². The van der Waals surface area contributed by atoms with Crippen molar-refractivity contribution < 1.29 is 9.13 Å². The maximum atomic E-state index is 12.9. The summed E-state index contributed by atoms with van der Waals surface area (Å²) in [4.78, 5) is 2.54. The summed E-state index contributed by atoms with van der Waals surface area (Å²) in [5.41, 5.74) is 1.43. The highest BCUT2D eigenvalue weighted by molar-refractivity contribution is 5.17. The number of fused-ring (bicyclic) bond motifs is 1. The first-order valence-corrected chi connectivity index (χ1v) is 7.38. The second-order valence-corrected chi connectivity index (χ2v) is 6.39. The van der Waals surface area contributed by atoms with E-state index in [4.69, 9.17) is 4.74 Å². The average molecular weight is 261 g/mol. The zero-order chi connectivity index (χ0) is 12.9. The summed E-state index contributed by atoms with van der Waals surface area (Å²) in [6, 6.07) is 6.90. The molecular weight excluding hydrogens is 241 g/mol. The average Bonchev–Trinajstić information content (AvgIpc) is 3.04. The molecule has 1 aromatic carbocycles. The van der Waals surface area contributed by atoms with Crippen molar-refractivity contribution in [2.75, 3.05) is 19.6 Å². The molecule has 3 fully saturated rings. The van der Waals surface area contributed by atoms with Gasteiger partial charge < -0.3 is 4.74 Å². The normalized spacial score (nSPS) is 36.9. The van der Waals surface area contributed by atoms with Crippen molar-refractivity contribution in [3.05, 3.63) is 35.6 Å². The topological polar surface area (TPSA) is 12.5 Å². The van der Waals surface area contributed by atoms with E-state index in [0.717, 1.165) is 25.4 Å². The van der Waals surface area contributed by atoms with Crippen LogP contribution in [-0.4, -0.2) is 36.2 Å². The molecule has 3 aliphatic heterocycles. The van der Waals surface area contributed by atoms with Gasteiger partial charge in [0.25, 0.3) is 0 Å². The van der Waals surface area contributed by atoms with Crippen LogP contribution in [-0.2, 0) is 11.2 Å². The van der Waals surface area contributed by atoms with E-state index in [9.17, 15) is 4.39 Å². The Morgan fingerprint density at radius 1 is 1.32 bits per heavy atom. The fourth-order valence-corrected chi connectivity index (χ4v) is 4.20. The third kappa shape index (κ3) is 2.00. The Labute approximate surface area is 113 Å². The molecule has 1 spiro atoms. The molecule has 3 saturated heterocycles. The van der Waals surface area contributed by atoms with E-state index >= 15 is 0 Å². The number of likely N-dealkylation sites (tertiary alicyclic amines) is 1. The highest BCUT2D eigenvalue weighted by Gasteiger charge is 2.57. The number of benzene rings is 1. The van der Waals surface area contributed by atoms with Crippen LogP contribution in [0.3, 0.4) is 0 Å². The monoisotopic (exact) mass is 261 g/mol. The fraction of sp³-hybridized carbons (Fsp3) is 0.625. The van der Waals surface area contributed by atoms with Gasteiger partial charge in [0.05, 0.1) is 11.7 Å². The van der Waals surface area contributed by atoms with Crippen LogP contribution in [0.4, 0.5) is 4.39 Å². The SMILES string of the molecule is Fc1ccc(CCN2CC3CC4CCC3(C2)O4)cc1. The first-order chi connectivity index (χ1) is 9.23. The van der Waals surface area contributed by atoms with Crippen LogP contribution in [0.25, 0.3) is 0 Å². The van der Waals surface area contributed by atoms with Crippen LogP contribution in [0, 0.1) is 11.7 Å². The minimum atomic E-state index is -0.149. The third-order valence-electron chi connectivity index (χ3n) is 5.18. The quantitative estimate of drug-likeness (QED) is 0.829. The van der Waals surface area contributed by atoms with Crippen LogP contribution in [0.5, 0.6) is 0 Å². The summed E-state index contributed by atoms with van der Waals surface area (Å²) in [5.74, 6) is 0.614. The molecule has 0 radical (unpaired) electrons. The minimum absolute atomic E-state index is 0.149. The van der Waals surface area contributed by atoms with Gasteiger partial charge in [-0.2, -0.15) is 0 Å². The molecule has 3 unspecified atom stereocenters. The lowest BCUT2D eigenvalue weighted by Gasteiger charge is -2.24. The lowest BCUT2D eigenvalue weighted by atomic mass is 9.81. The Morgan fingerprint density at radius 3 is 2.89 bits per heavy atom. The molecule has 0 amide bonds. The van der Waals surface area contributed by atoms with E-state index in [0.29, 0.717) is 6.10 Å². The van der Waals surface area contributed by atoms with E-state index in [-0.39, 0.29) is 11.4 Å². The lowest BCUT2D eigenvalue weighted by molar-refractivity contribution is 0.00500. The summed E-state index contributed by atoms with van der Waals surface area (Å²) in [7, 11) is 0. The third-order valence-corrected chi connectivity index (χ3v) is 5.18. The van der Waals surface area contributed by atoms with Crippen LogP contribution >= 0.6 is 0 Å². The lowest BCUT2D eigenvalue weighted by Crippen LogP contribution is -2.34. The van der Waals surface area contributed by atoms with Crippen molar-refractivity contribution in [2.45, 2.75) is 37.4 Å². The van der Waals surface area contributed by atoms with E-state index < -0.39 is 0 Å². The Morgan fingerprint density at radius 2 is 2.16 bits per heavy atom. The highest BCUT2D eigenvalue weighted by Crippen LogP contribution is 2.51. The van der Waals surface area contributed by atoms with Crippen LogP contribution < -0.4 is 0 Å². The van der Waals surface area contributed by atoms with Crippen LogP contribution in [0.1, 0.15) is 24.8 Å². The zero-order valence-corrected chi connectivity index (χ0v) is 11.1. The largest absolute Gasteiger partial charge is 0.370 e. The molecule has 102 valence electrons. The first kappa shape index (κ1) is 11.9. The molecule has 2 bridgehead atoms. The molecule has 3 heteroatoms. The van der Waals surface area contributed by atoms with Gasteiger partial charge in [-0.05, 0) is 43.4 Å². The molecule has 0 aliphatic carbocycles. The number of hydrogen-bond donors (Lipinski definition) is 0. The summed E-state index contributed by atoms with van der Waals surface area (Å²) < 4.78 is 19.0. The number of hydrogen-bond acceptors (Lipinski definition) is 2. The smallest absolute Gasteiger partial charge is 0.123 e. The minimum Gasteiger partial charge on any atom is -0.370 e. The van der Waals surface area contributed by atoms with Crippen LogP contribution in [0.15, 0.2) is 24.3 Å². The Balaban J connectivity index is 1.36. The van der Waals surface area contributed by atoms with Gasteiger partial charge >= 0.3 is 0 Å². The van der Waals surface area contributed by atoms with E-state index in [1.165, 1.54) is 31.4 Å². The van der Waals surface area contributed by atoms with Crippen molar-refractivity contribution in [2.24, 2.45) is 5.92 Å². The molecule has 0 aromatic heterocycles.